The molecule has 0 aromatic carbocycles. The number of carbonyl (C=O) groups excluding carboxylic acids is 2. The quantitative estimate of drug-likeness (QED) is 0.715. The van der Waals surface area contributed by atoms with Crippen molar-refractivity contribution in [2.24, 2.45) is 0 Å². The second-order valence-corrected chi connectivity index (χ2v) is 6.55. The number of thiophene rings is 2. The van der Waals surface area contributed by atoms with Crippen LogP contribution in [0, 0.1) is 0 Å². The molecule has 1 aliphatic carbocycles. The maximum Gasteiger partial charge on any atom is 0.205 e. The highest BCUT2D eigenvalue weighted by atomic mass is 32.1. The summed E-state index contributed by atoms with van der Waals surface area (Å²) in [7, 11) is 0. The van der Waals surface area contributed by atoms with Gasteiger partial charge in [0.2, 0.25) is 11.6 Å². The highest BCUT2D eigenvalue weighted by Gasteiger charge is 2.33. The van der Waals surface area contributed by atoms with Gasteiger partial charge in [-0.3, -0.25) is 9.59 Å². The number of fused-ring (bicyclic) bond motifs is 2. The fraction of sp³-hybridized carbons (Fsp3) is 0.286. The van der Waals surface area contributed by atoms with Crippen LogP contribution in [0.4, 0.5) is 0 Å². The van der Waals surface area contributed by atoms with Crippen molar-refractivity contribution in [3.63, 3.8) is 0 Å². The highest BCUT2D eigenvalue weighted by Crippen LogP contribution is 2.37. The fourth-order valence-electron chi connectivity index (χ4n) is 2.15. The molecule has 0 bridgehead atoms. The van der Waals surface area contributed by atoms with Crippen molar-refractivity contribution < 1.29 is 9.59 Å². The topological polar surface area (TPSA) is 34.1 Å². The van der Waals surface area contributed by atoms with Gasteiger partial charge < -0.3 is 0 Å². The van der Waals surface area contributed by atoms with Gasteiger partial charge in [0.25, 0.3) is 0 Å². The third-order valence-corrected chi connectivity index (χ3v) is 5.72. The van der Waals surface area contributed by atoms with Gasteiger partial charge in [-0.15, -0.1) is 22.7 Å². The average Bonchev–Trinajstić information content (AvgIpc) is 3.00. The first-order chi connectivity index (χ1) is 8.65. The summed E-state index contributed by atoms with van der Waals surface area (Å²) in [5.74, 6) is 0.0560. The summed E-state index contributed by atoms with van der Waals surface area (Å²) >= 11 is 2.92. The number of rotatable bonds is 2. The summed E-state index contributed by atoms with van der Waals surface area (Å²) in [5.41, 5.74) is 1.22. The number of carbonyl (C=O) groups is 2. The van der Waals surface area contributed by atoms with Crippen LogP contribution >= 0.6 is 22.7 Å². The molecule has 0 spiro atoms. The van der Waals surface area contributed by atoms with Gasteiger partial charge in [-0.05, 0) is 25.0 Å². The van der Waals surface area contributed by atoms with Crippen LogP contribution in [0.3, 0.4) is 0 Å². The second-order valence-electron chi connectivity index (χ2n) is 4.28. The van der Waals surface area contributed by atoms with Gasteiger partial charge in [0.1, 0.15) is 0 Å². The molecule has 0 amide bonds. The predicted octanol–water partition coefficient (Wildman–Crippen LogP) is 3.71. The van der Waals surface area contributed by atoms with E-state index in [1.807, 2.05) is 26.0 Å². The first-order valence-electron chi connectivity index (χ1n) is 6.00. The normalized spacial score (nSPS) is 13.7. The Bertz CT molecular complexity index is 556. The van der Waals surface area contributed by atoms with Gasteiger partial charge in [0.15, 0.2) is 0 Å². The van der Waals surface area contributed by atoms with E-state index in [2.05, 4.69) is 0 Å². The minimum Gasteiger partial charge on any atom is -0.288 e. The van der Waals surface area contributed by atoms with Gasteiger partial charge in [-0.1, -0.05) is 13.8 Å². The van der Waals surface area contributed by atoms with E-state index in [0.29, 0.717) is 20.9 Å². The molecule has 0 unspecified atom stereocenters. The summed E-state index contributed by atoms with van der Waals surface area (Å²) in [6.07, 6.45) is 1.73. The van der Waals surface area contributed by atoms with Gasteiger partial charge in [0.05, 0.1) is 9.75 Å². The molecule has 0 atom stereocenters. The maximum absolute atomic E-state index is 12.4. The van der Waals surface area contributed by atoms with Crippen molar-refractivity contribution in [1.82, 2.24) is 0 Å². The van der Waals surface area contributed by atoms with Gasteiger partial charge in [-0.2, -0.15) is 0 Å². The van der Waals surface area contributed by atoms with Gasteiger partial charge >= 0.3 is 0 Å². The molecule has 0 N–H and O–H groups in total. The van der Waals surface area contributed by atoms with Crippen molar-refractivity contribution >= 4 is 34.2 Å². The maximum atomic E-state index is 12.4. The summed E-state index contributed by atoms with van der Waals surface area (Å²) in [6, 6.07) is 3.77. The average molecular weight is 276 g/mol. The molecular formula is C14H12O2S2. The van der Waals surface area contributed by atoms with E-state index in [9.17, 15) is 9.59 Å². The molecule has 3 rings (SSSR count). The van der Waals surface area contributed by atoms with E-state index >= 15 is 0 Å². The third kappa shape index (κ3) is 1.52. The van der Waals surface area contributed by atoms with Crippen LogP contribution in [0.5, 0.6) is 0 Å². The Labute approximate surface area is 113 Å². The minimum absolute atomic E-state index is 0.0280. The van der Waals surface area contributed by atoms with Crippen molar-refractivity contribution in [3.05, 3.63) is 42.8 Å². The first-order valence-corrected chi connectivity index (χ1v) is 7.63. The SMILES string of the molecule is CCc1cc2c(s1)C(=O)c1cc(CC)sc1C2=O. The standard InChI is InChI=1S/C14H12O2S2/c1-3-7-5-9-11(15)14-10(6-8(4-2)18-14)12(16)13(9)17-7/h5-6H,3-4H2,1-2H3. The highest BCUT2D eigenvalue weighted by molar-refractivity contribution is 7.17. The fourth-order valence-corrected chi connectivity index (χ4v) is 4.25. The van der Waals surface area contributed by atoms with E-state index in [0.717, 1.165) is 22.6 Å². The Morgan fingerprint density at radius 3 is 1.56 bits per heavy atom. The van der Waals surface area contributed by atoms with Crippen molar-refractivity contribution in [3.8, 4) is 0 Å². The Hall–Kier alpha value is -1.26. The summed E-state index contributed by atoms with van der Waals surface area (Å²) in [6.45, 7) is 4.08. The second kappa shape index (κ2) is 4.14. The van der Waals surface area contributed by atoms with Gasteiger partial charge in [0, 0.05) is 20.9 Å². The van der Waals surface area contributed by atoms with Crippen LogP contribution in [0.25, 0.3) is 0 Å². The van der Waals surface area contributed by atoms with Crippen LogP contribution in [0.15, 0.2) is 12.1 Å². The molecule has 0 saturated heterocycles. The molecule has 4 heteroatoms. The summed E-state index contributed by atoms with van der Waals surface area (Å²) in [5, 5.41) is 0. The van der Waals surface area contributed by atoms with Crippen LogP contribution in [-0.4, -0.2) is 11.6 Å². The molecule has 0 radical (unpaired) electrons. The Kier molecular flexibility index (Phi) is 2.72. The zero-order chi connectivity index (χ0) is 12.9. The number of aryl methyl sites for hydroxylation is 2. The van der Waals surface area contributed by atoms with E-state index in [-0.39, 0.29) is 11.6 Å². The van der Waals surface area contributed by atoms with Crippen molar-refractivity contribution in [2.45, 2.75) is 26.7 Å². The molecule has 2 aromatic rings. The molecule has 0 fully saturated rings. The Balaban J connectivity index is 2.20. The van der Waals surface area contributed by atoms with Crippen molar-refractivity contribution in [1.29, 1.82) is 0 Å². The van der Waals surface area contributed by atoms with E-state index in [4.69, 9.17) is 0 Å². The van der Waals surface area contributed by atoms with Crippen LogP contribution in [-0.2, 0) is 12.8 Å². The lowest BCUT2D eigenvalue weighted by atomic mass is 9.95. The molecular weight excluding hydrogens is 264 g/mol. The van der Waals surface area contributed by atoms with Crippen LogP contribution in [0.1, 0.15) is 54.1 Å². The lowest BCUT2D eigenvalue weighted by Crippen LogP contribution is -2.15. The smallest absolute Gasteiger partial charge is 0.205 e. The molecule has 2 nitrogen and oxygen atoms in total. The Morgan fingerprint density at radius 2 is 1.22 bits per heavy atom. The monoisotopic (exact) mass is 276 g/mol. The molecule has 18 heavy (non-hydrogen) atoms. The lowest BCUT2D eigenvalue weighted by Gasteiger charge is -2.08. The zero-order valence-corrected chi connectivity index (χ0v) is 11.8. The minimum atomic E-state index is 0.0280. The van der Waals surface area contributed by atoms with Crippen molar-refractivity contribution in [2.75, 3.05) is 0 Å². The number of hydrogen-bond acceptors (Lipinski definition) is 4. The predicted molar refractivity (Wildman–Crippen MR) is 74.3 cm³/mol. The molecule has 2 aromatic heterocycles. The summed E-state index contributed by atoms with van der Waals surface area (Å²) < 4.78 is 0. The molecule has 1 aliphatic rings. The summed E-state index contributed by atoms with van der Waals surface area (Å²) in [4.78, 5) is 28.2. The van der Waals surface area contributed by atoms with E-state index in [1.165, 1.54) is 22.7 Å². The van der Waals surface area contributed by atoms with Crippen LogP contribution < -0.4 is 0 Å². The van der Waals surface area contributed by atoms with E-state index < -0.39 is 0 Å². The van der Waals surface area contributed by atoms with Crippen LogP contribution in [0.2, 0.25) is 0 Å². The van der Waals surface area contributed by atoms with Gasteiger partial charge in [-0.25, -0.2) is 0 Å². The van der Waals surface area contributed by atoms with E-state index in [1.54, 1.807) is 0 Å². The number of hydrogen-bond donors (Lipinski definition) is 0. The number of ketones is 2. The third-order valence-electron chi connectivity index (χ3n) is 3.16. The largest absolute Gasteiger partial charge is 0.288 e. The molecule has 0 aliphatic heterocycles. The first kappa shape index (κ1) is 11.8. The molecule has 2 heterocycles. The zero-order valence-electron chi connectivity index (χ0n) is 10.2. The molecule has 92 valence electrons. The Morgan fingerprint density at radius 1 is 0.833 bits per heavy atom. The molecule has 0 saturated carbocycles. The lowest BCUT2D eigenvalue weighted by molar-refractivity contribution is 0.0986.